The number of carbonyl (C=O) groups is 1. The summed E-state index contributed by atoms with van der Waals surface area (Å²) in [5, 5.41) is 8.80. The fourth-order valence-corrected chi connectivity index (χ4v) is 2.43. The maximum Gasteiger partial charge on any atom is 0.330 e. The fourth-order valence-electron chi connectivity index (χ4n) is 1.70. The van der Waals surface area contributed by atoms with Crippen molar-refractivity contribution in [2.75, 3.05) is 47.5 Å². The lowest BCUT2D eigenvalue weighted by Gasteiger charge is -2.27. The lowest BCUT2D eigenvalue weighted by molar-refractivity contribution is -0.870. The molecular weight excluding hydrogens is 377 g/mol. The number of carbonyl (C=O) groups excluding carboxylic acids is 1. The maximum absolute atomic E-state index is 11.7. The molecule has 0 saturated heterocycles. The molecule has 0 spiro atoms. The van der Waals surface area contributed by atoms with Gasteiger partial charge in [-0.3, -0.25) is 9.82 Å². The van der Waals surface area contributed by atoms with Crippen molar-refractivity contribution in [3.63, 3.8) is 0 Å². The zero-order chi connectivity index (χ0) is 20.3. The van der Waals surface area contributed by atoms with Gasteiger partial charge < -0.3 is 23.2 Å². The second-order valence-electron chi connectivity index (χ2n) is 6.69. The van der Waals surface area contributed by atoms with Crippen molar-refractivity contribution in [2.24, 2.45) is 0 Å². The zero-order valence-electron chi connectivity index (χ0n) is 15.6. The standard InChI is InChI=1S/C17H26NO8P/c1-18(2,3)11-12-24-27(21,22)25-14-16(26-20)13-23-17(19)10-9-15-7-5-4-6-8-15/h4-10,16H,11-14H2,1-3H3,(H-,20,21,22)/t16-/m1/s1. The van der Waals surface area contributed by atoms with E-state index < -0.39 is 33.1 Å². The Morgan fingerprint density at radius 1 is 1.22 bits per heavy atom. The average molecular weight is 403 g/mol. The van der Waals surface area contributed by atoms with Crippen LogP contribution in [0.4, 0.5) is 0 Å². The number of nitrogens with zero attached hydrogens (tertiary/aromatic N) is 1. The molecule has 152 valence electrons. The molecule has 1 unspecified atom stereocenters. The normalized spacial score (nSPS) is 15.4. The Labute approximate surface area is 158 Å². The van der Waals surface area contributed by atoms with E-state index in [0.29, 0.717) is 11.0 Å². The quantitative estimate of drug-likeness (QED) is 0.139. The minimum Gasteiger partial charge on any atom is -0.756 e. The molecule has 10 heteroatoms. The van der Waals surface area contributed by atoms with E-state index in [0.717, 1.165) is 5.56 Å². The highest BCUT2D eigenvalue weighted by Crippen LogP contribution is 2.38. The molecule has 0 fully saturated rings. The van der Waals surface area contributed by atoms with Gasteiger partial charge in [-0.2, -0.15) is 0 Å². The summed E-state index contributed by atoms with van der Waals surface area (Å²) < 4.78 is 26.4. The summed E-state index contributed by atoms with van der Waals surface area (Å²) in [6.45, 7) is -0.542. The molecular formula is C17H26NO8P. The molecule has 0 amide bonds. The van der Waals surface area contributed by atoms with Crippen LogP contribution in [0.3, 0.4) is 0 Å². The lowest BCUT2D eigenvalue weighted by atomic mass is 10.2. The molecule has 0 saturated carbocycles. The van der Waals surface area contributed by atoms with Gasteiger partial charge >= 0.3 is 5.97 Å². The Bertz CT molecular complexity index is 644. The summed E-state index contributed by atoms with van der Waals surface area (Å²) in [4.78, 5) is 27.4. The molecule has 0 heterocycles. The van der Waals surface area contributed by atoms with Gasteiger partial charge in [0.05, 0.1) is 27.7 Å². The first-order valence-corrected chi connectivity index (χ1v) is 9.68. The lowest BCUT2D eigenvalue weighted by Crippen LogP contribution is -2.37. The third-order valence-electron chi connectivity index (χ3n) is 3.20. The SMILES string of the molecule is C[N+](C)(C)CCOP(=O)([O-])OC[C@@H](COC(=O)C=Cc1ccccc1)OO. The van der Waals surface area contributed by atoms with Gasteiger partial charge in [0.15, 0.2) is 6.10 Å². The molecule has 0 radical (unpaired) electrons. The van der Waals surface area contributed by atoms with Crippen molar-refractivity contribution in [2.45, 2.75) is 6.10 Å². The van der Waals surface area contributed by atoms with Crippen LogP contribution >= 0.6 is 7.82 Å². The minimum atomic E-state index is -4.55. The highest BCUT2D eigenvalue weighted by atomic mass is 31.2. The van der Waals surface area contributed by atoms with Gasteiger partial charge in [-0.05, 0) is 11.6 Å². The van der Waals surface area contributed by atoms with Crippen LogP contribution in [0, 0.1) is 0 Å². The number of hydrogen-bond acceptors (Lipinski definition) is 8. The molecule has 0 aliphatic rings. The van der Waals surface area contributed by atoms with Crippen LogP contribution in [0.1, 0.15) is 5.56 Å². The van der Waals surface area contributed by atoms with E-state index in [-0.39, 0.29) is 6.61 Å². The van der Waals surface area contributed by atoms with Crippen molar-refractivity contribution in [1.29, 1.82) is 0 Å². The van der Waals surface area contributed by atoms with E-state index in [2.05, 4.69) is 9.41 Å². The van der Waals surface area contributed by atoms with Gasteiger partial charge in [-0.15, -0.1) is 0 Å². The van der Waals surface area contributed by atoms with Gasteiger partial charge in [-0.25, -0.2) is 9.68 Å². The van der Waals surface area contributed by atoms with E-state index in [1.165, 1.54) is 6.08 Å². The summed E-state index contributed by atoms with van der Waals surface area (Å²) in [5.41, 5.74) is 0.811. The summed E-state index contributed by atoms with van der Waals surface area (Å²) >= 11 is 0. The smallest absolute Gasteiger partial charge is 0.330 e. The molecule has 9 nitrogen and oxygen atoms in total. The molecule has 1 aromatic rings. The van der Waals surface area contributed by atoms with Crippen molar-refractivity contribution in [3.05, 3.63) is 42.0 Å². The molecule has 27 heavy (non-hydrogen) atoms. The van der Waals surface area contributed by atoms with E-state index in [1.807, 2.05) is 51.5 Å². The van der Waals surface area contributed by atoms with Crippen molar-refractivity contribution in [1.82, 2.24) is 0 Å². The molecule has 1 N–H and O–H groups in total. The van der Waals surface area contributed by atoms with Gasteiger partial charge in [0, 0.05) is 6.08 Å². The molecule has 1 aromatic carbocycles. The van der Waals surface area contributed by atoms with Crippen LogP contribution < -0.4 is 4.89 Å². The van der Waals surface area contributed by atoms with E-state index in [1.54, 1.807) is 6.08 Å². The number of esters is 1. The number of phosphoric ester groups is 1. The predicted octanol–water partition coefficient (Wildman–Crippen LogP) is 1.31. The zero-order valence-corrected chi connectivity index (χ0v) is 16.5. The number of rotatable bonds is 12. The summed E-state index contributed by atoms with van der Waals surface area (Å²) in [6.07, 6.45) is 1.58. The first kappa shape index (κ1) is 23.5. The highest BCUT2D eigenvalue weighted by Gasteiger charge is 2.18. The van der Waals surface area contributed by atoms with Crippen LogP contribution in [-0.2, 0) is 28.0 Å². The maximum atomic E-state index is 11.7. The molecule has 0 aliphatic carbocycles. The number of likely N-dealkylation sites (N-methyl/N-ethyl adjacent to an activating group) is 1. The topological polar surface area (TPSA) is 114 Å². The molecule has 0 aliphatic heterocycles. The predicted molar refractivity (Wildman–Crippen MR) is 96.3 cm³/mol. The van der Waals surface area contributed by atoms with Crippen LogP contribution in [0.25, 0.3) is 6.08 Å². The third kappa shape index (κ3) is 11.7. The number of quaternary nitrogens is 1. The van der Waals surface area contributed by atoms with Crippen LogP contribution in [0.2, 0.25) is 0 Å². The fraction of sp³-hybridized carbons (Fsp3) is 0.471. The Balaban J connectivity index is 2.35. The van der Waals surface area contributed by atoms with Crippen molar-refractivity contribution in [3.8, 4) is 0 Å². The number of ether oxygens (including phenoxy) is 1. The summed E-state index contributed by atoms with van der Waals surface area (Å²) in [6, 6.07) is 9.10. The monoisotopic (exact) mass is 403 g/mol. The van der Waals surface area contributed by atoms with Crippen LogP contribution in [0.15, 0.2) is 36.4 Å². The summed E-state index contributed by atoms with van der Waals surface area (Å²) in [7, 11) is 1.10. The van der Waals surface area contributed by atoms with Gasteiger partial charge in [-0.1, -0.05) is 30.3 Å². The van der Waals surface area contributed by atoms with Gasteiger partial charge in [0.1, 0.15) is 19.8 Å². The largest absolute Gasteiger partial charge is 0.756 e. The molecule has 0 aromatic heterocycles. The Hall–Kier alpha value is -1.58. The minimum absolute atomic E-state index is 0.0474. The van der Waals surface area contributed by atoms with Crippen LogP contribution in [0.5, 0.6) is 0 Å². The van der Waals surface area contributed by atoms with E-state index in [9.17, 15) is 14.3 Å². The second kappa shape index (κ2) is 11.3. The van der Waals surface area contributed by atoms with Gasteiger partial charge in [0.25, 0.3) is 7.82 Å². The highest BCUT2D eigenvalue weighted by molar-refractivity contribution is 7.45. The first-order valence-electron chi connectivity index (χ1n) is 8.22. The van der Waals surface area contributed by atoms with Crippen molar-refractivity contribution >= 4 is 19.9 Å². The first-order chi connectivity index (χ1) is 12.6. The average Bonchev–Trinajstić information content (AvgIpc) is 2.59. The van der Waals surface area contributed by atoms with E-state index >= 15 is 0 Å². The molecule has 0 bridgehead atoms. The molecule has 1 rings (SSSR count). The van der Waals surface area contributed by atoms with Gasteiger partial charge in [0.2, 0.25) is 0 Å². The molecule has 2 atom stereocenters. The number of hydrogen-bond donors (Lipinski definition) is 1. The summed E-state index contributed by atoms with van der Waals surface area (Å²) in [5.74, 6) is -0.676. The Morgan fingerprint density at radius 3 is 2.48 bits per heavy atom. The third-order valence-corrected chi connectivity index (χ3v) is 4.17. The Kier molecular flexibility index (Phi) is 9.82. The van der Waals surface area contributed by atoms with Crippen LogP contribution in [-0.4, -0.2) is 69.3 Å². The Morgan fingerprint density at radius 2 is 1.89 bits per heavy atom. The number of benzene rings is 1. The second-order valence-corrected chi connectivity index (χ2v) is 8.10. The van der Waals surface area contributed by atoms with E-state index in [4.69, 9.17) is 14.5 Å². The van der Waals surface area contributed by atoms with Crippen molar-refractivity contribution < 1.29 is 42.7 Å². The number of phosphoric acid groups is 1.